The first-order valence-electron chi connectivity index (χ1n) is 5.21. The monoisotopic (exact) mass is 178 g/mol. The lowest BCUT2D eigenvalue weighted by Gasteiger charge is -2.60. The van der Waals surface area contributed by atoms with E-state index >= 15 is 0 Å². The number of aldehydes is 1. The van der Waals surface area contributed by atoms with Crippen molar-refractivity contribution in [2.75, 3.05) is 0 Å². The number of carbonyl (C=O) groups is 1. The molecule has 3 rings (SSSR count). The molecule has 3 unspecified atom stereocenters. The zero-order valence-corrected chi connectivity index (χ0v) is 8.55. The molecular formula is C12H18O. The molecule has 2 bridgehead atoms. The molecular weight excluding hydrogens is 160 g/mol. The van der Waals surface area contributed by atoms with Crippen LogP contribution in [0.25, 0.3) is 0 Å². The summed E-state index contributed by atoms with van der Waals surface area (Å²) in [6, 6.07) is 0. The van der Waals surface area contributed by atoms with Gasteiger partial charge >= 0.3 is 0 Å². The molecule has 0 aromatic heterocycles. The van der Waals surface area contributed by atoms with Crippen LogP contribution in [0.5, 0.6) is 0 Å². The third-order valence-corrected chi connectivity index (χ3v) is 4.49. The third-order valence-electron chi connectivity index (χ3n) is 4.49. The van der Waals surface area contributed by atoms with Gasteiger partial charge in [0.25, 0.3) is 0 Å². The lowest BCUT2D eigenvalue weighted by Crippen LogP contribution is -2.52. The Morgan fingerprint density at radius 3 is 2.62 bits per heavy atom. The van der Waals surface area contributed by atoms with Gasteiger partial charge in [0.2, 0.25) is 0 Å². The number of hydrogen-bond acceptors (Lipinski definition) is 1. The highest BCUT2D eigenvalue weighted by molar-refractivity contribution is 5.73. The number of fused-ring (bicyclic) bond motifs is 2. The minimum absolute atomic E-state index is 0.467. The fourth-order valence-corrected chi connectivity index (χ4v) is 3.34. The van der Waals surface area contributed by atoms with Gasteiger partial charge in [0.1, 0.15) is 6.29 Å². The Kier molecular flexibility index (Phi) is 1.86. The second-order valence-corrected chi connectivity index (χ2v) is 5.24. The van der Waals surface area contributed by atoms with Crippen LogP contribution in [0.4, 0.5) is 0 Å². The highest BCUT2D eigenvalue weighted by Crippen LogP contribution is 2.62. The van der Waals surface area contributed by atoms with Crippen molar-refractivity contribution in [3.8, 4) is 0 Å². The molecule has 72 valence electrons. The molecule has 1 heteroatoms. The quantitative estimate of drug-likeness (QED) is 0.469. The SMILES string of the molecule is C=C(C=O)C1CCC2CC1C2(C)C. The number of hydrogen-bond donors (Lipinski definition) is 0. The molecule has 3 saturated carbocycles. The van der Waals surface area contributed by atoms with Gasteiger partial charge in [-0.2, -0.15) is 0 Å². The summed E-state index contributed by atoms with van der Waals surface area (Å²) < 4.78 is 0. The van der Waals surface area contributed by atoms with Gasteiger partial charge in [0.05, 0.1) is 0 Å². The molecule has 3 aliphatic rings. The van der Waals surface area contributed by atoms with Gasteiger partial charge in [-0.15, -0.1) is 0 Å². The molecule has 0 saturated heterocycles. The molecule has 3 atom stereocenters. The van der Waals surface area contributed by atoms with E-state index in [1.807, 2.05) is 0 Å². The predicted octanol–water partition coefficient (Wildman–Crippen LogP) is 2.81. The zero-order chi connectivity index (χ0) is 9.64. The highest BCUT2D eigenvalue weighted by Gasteiger charge is 2.54. The topological polar surface area (TPSA) is 17.1 Å². The fraction of sp³-hybridized carbons (Fsp3) is 0.750. The lowest BCUT2D eigenvalue weighted by molar-refractivity contribution is -0.112. The van der Waals surface area contributed by atoms with Crippen LogP contribution in [0.2, 0.25) is 0 Å². The molecule has 0 aromatic carbocycles. The van der Waals surface area contributed by atoms with Gasteiger partial charge in [-0.25, -0.2) is 0 Å². The van der Waals surface area contributed by atoms with Gasteiger partial charge in [-0.1, -0.05) is 20.4 Å². The molecule has 0 spiro atoms. The minimum Gasteiger partial charge on any atom is -0.298 e. The normalized spacial score (nSPS) is 40.6. The Labute approximate surface area is 80.2 Å². The second-order valence-electron chi connectivity index (χ2n) is 5.24. The van der Waals surface area contributed by atoms with E-state index in [1.165, 1.54) is 19.3 Å². The fourth-order valence-electron chi connectivity index (χ4n) is 3.34. The van der Waals surface area contributed by atoms with Crippen molar-refractivity contribution in [2.45, 2.75) is 33.1 Å². The Morgan fingerprint density at radius 1 is 1.46 bits per heavy atom. The molecule has 0 radical (unpaired) electrons. The summed E-state index contributed by atoms with van der Waals surface area (Å²) in [6.07, 6.45) is 4.77. The Bertz CT molecular complexity index is 250. The van der Waals surface area contributed by atoms with Crippen LogP contribution in [0, 0.1) is 23.2 Å². The number of allylic oxidation sites excluding steroid dienone is 1. The maximum Gasteiger partial charge on any atom is 0.145 e. The summed E-state index contributed by atoms with van der Waals surface area (Å²) in [5.74, 6) is 2.12. The van der Waals surface area contributed by atoms with Crippen molar-refractivity contribution in [1.29, 1.82) is 0 Å². The van der Waals surface area contributed by atoms with Crippen LogP contribution in [0.15, 0.2) is 12.2 Å². The van der Waals surface area contributed by atoms with Crippen LogP contribution in [0.1, 0.15) is 33.1 Å². The molecule has 0 N–H and O–H groups in total. The summed E-state index contributed by atoms with van der Waals surface area (Å²) in [6.45, 7) is 8.56. The summed E-state index contributed by atoms with van der Waals surface area (Å²) in [4.78, 5) is 10.7. The molecule has 0 aliphatic heterocycles. The third kappa shape index (κ3) is 1.09. The predicted molar refractivity (Wildman–Crippen MR) is 53.3 cm³/mol. The average Bonchev–Trinajstić information content (AvgIpc) is 2.16. The van der Waals surface area contributed by atoms with Crippen LogP contribution in [-0.2, 0) is 4.79 Å². The Morgan fingerprint density at radius 2 is 2.15 bits per heavy atom. The van der Waals surface area contributed by atoms with Crippen LogP contribution >= 0.6 is 0 Å². The molecule has 0 aromatic rings. The maximum atomic E-state index is 10.7. The van der Waals surface area contributed by atoms with Crippen molar-refractivity contribution >= 4 is 6.29 Å². The van der Waals surface area contributed by atoms with Crippen molar-refractivity contribution < 1.29 is 4.79 Å². The van der Waals surface area contributed by atoms with Gasteiger partial charge in [-0.05, 0) is 48.0 Å². The van der Waals surface area contributed by atoms with E-state index in [2.05, 4.69) is 20.4 Å². The van der Waals surface area contributed by atoms with E-state index in [0.29, 0.717) is 11.3 Å². The summed E-state index contributed by atoms with van der Waals surface area (Å²) in [5, 5.41) is 0. The molecule has 1 nitrogen and oxygen atoms in total. The first-order valence-corrected chi connectivity index (χ1v) is 5.21. The standard InChI is InChI=1S/C12H18O/c1-8(7-13)10-5-4-9-6-11(10)12(9,2)3/h7,9-11H,1,4-6H2,2-3H3. The van der Waals surface area contributed by atoms with E-state index in [9.17, 15) is 4.79 Å². The largest absolute Gasteiger partial charge is 0.298 e. The van der Waals surface area contributed by atoms with E-state index < -0.39 is 0 Å². The first-order chi connectivity index (χ1) is 6.07. The summed E-state index contributed by atoms with van der Waals surface area (Å²) in [5.41, 5.74) is 1.30. The molecule has 0 amide bonds. The summed E-state index contributed by atoms with van der Waals surface area (Å²) in [7, 11) is 0. The maximum absolute atomic E-state index is 10.7. The van der Waals surface area contributed by atoms with Crippen LogP contribution in [-0.4, -0.2) is 6.29 Å². The van der Waals surface area contributed by atoms with Gasteiger partial charge < -0.3 is 0 Å². The first kappa shape index (κ1) is 8.98. The smallest absolute Gasteiger partial charge is 0.145 e. The van der Waals surface area contributed by atoms with Gasteiger partial charge in [0, 0.05) is 0 Å². The van der Waals surface area contributed by atoms with Gasteiger partial charge in [0.15, 0.2) is 0 Å². The van der Waals surface area contributed by atoms with Crippen LogP contribution < -0.4 is 0 Å². The van der Waals surface area contributed by atoms with Crippen molar-refractivity contribution in [3.63, 3.8) is 0 Å². The van der Waals surface area contributed by atoms with E-state index in [0.717, 1.165) is 23.7 Å². The van der Waals surface area contributed by atoms with E-state index in [4.69, 9.17) is 0 Å². The number of carbonyl (C=O) groups excluding carboxylic acids is 1. The van der Waals surface area contributed by atoms with E-state index in [1.54, 1.807) is 0 Å². The lowest BCUT2D eigenvalue weighted by atomic mass is 9.45. The summed E-state index contributed by atoms with van der Waals surface area (Å²) >= 11 is 0. The average molecular weight is 178 g/mol. The molecule has 3 aliphatic carbocycles. The van der Waals surface area contributed by atoms with Crippen molar-refractivity contribution in [2.24, 2.45) is 23.2 Å². The molecule has 0 heterocycles. The second kappa shape index (κ2) is 2.70. The minimum atomic E-state index is 0.467. The van der Waals surface area contributed by atoms with E-state index in [-0.39, 0.29) is 0 Å². The van der Waals surface area contributed by atoms with Crippen molar-refractivity contribution in [1.82, 2.24) is 0 Å². The zero-order valence-electron chi connectivity index (χ0n) is 8.55. The van der Waals surface area contributed by atoms with Gasteiger partial charge in [-0.3, -0.25) is 4.79 Å². The van der Waals surface area contributed by atoms with Crippen LogP contribution in [0.3, 0.4) is 0 Å². The Hall–Kier alpha value is -0.590. The molecule has 3 fully saturated rings. The Balaban J connectivity index is 2.15. The highest BCUT2D eigenvalue weighted by atomic mass is 16.1. The van der Waals surface area contributed by atoms with Crippen molar-refractivity contribution in [3.05, 3.63) is 12.2 Å². The number of rotatable bonds is 2. The molecule has 13 heavy (non-hydrogen) atoms.